The molecular formula is C21H18NO7-. The van der Waals surface area contributed by atoms with Crippen LogP contribution in [0.2, 0.25) is 0 Å². The first kappa shape index (κ1) is 19.9. The molecule has 2 aromatic rings. The van der Waals surface area contributed by atoms with Crippen LogP contribution in [0.15, 0.2) is 59.9 Å². The number of ether oxygens (including phenoxy) is 2. The van der Waals surface area contributed by atoms with Crippen LogP contribution in [0.5, 0.6) is 11.5 Å². The first-order chi connectivity index (χ1) is 13.8. The Bertz CT molecular complexity index is 994. The Balaban J connectivity index is 2.02. The average molecular weight is 396 g/mol. The number of carbonyl (C=O) groups is 3. The van der Waals surface area contributed by atoms with Crippen molar-refractivity contribution in [3.05, 3.63) is 65.4 Å². The number of carboxylic acids is 1. The third-order valence-electron chi connectivity index (χ3n) is 4.47. The van der Waals surface area contributed by atoms with Gasteiger partial charge in [0.15, 0.2) is 11.5 Å². The number of aliphatic hydroxyl groups is 1. The fourth-order valence-electron chi connectivity index (χ4n) is 3.20. The summed E-state index contributed by atoms with van der Waals surface area (Å²) in [5.41, 5.74) is 0.969. The lowest BCUT2D eigenvalue weighted by atomic mass is 9.96. The topological polar surface area (TPSA) is 116 Å². The number of Topliss-reactive ketones (excluding diaryl/α,β-unsaturated/α-hetero) is 1. The summed E-state index contributed by atoms with van der Waals surface area (Å²) in [5.74, 6) is -2.31. The Morgan fingerprint density at radius 2 is 1.83 bits per heavy atom. The summed E-state index contributed by atoms with van der Waals surface area (Å²) in [5, 5.41) is 20.9. The number of aliphatic hydroxyl groups excluding tert-OH is 1. The van der Waals surface area contributed by atoms with E-state index in [1.165, 1.54) is 43.2 Å². The van der Waals surface area contributed by atoms with Crippen LogP contribution >= 0.6 is 0 Å². The fraction of sp³-hybridized carbons (Fsp3) is 0.190. The molecule has 1 heterocycles. The van der Waals surface area contributed by atoms with Crippen molar-refractivity contribution in [1.29, 1.82) is 0 Å². The molecule has 1 amide bonds. The normalized spacial score (nSPS) is 16.1. The third-order valence-corrected chi connectivity index (χ3v) is 4.47. The number of carboxylic acid groups (broad SMARTS) is 1. The number of carbonyl (C=O) groups excluding carboxylic acids is 3. The SMILES string of the molecule is COc1cccc([C@H]2C(C(C)=O)=C(O)C(=O)N2c2ccc(OCC(=O)[O-])cc2)c1. The van der Waals surface area contributed by atoms with E-state index in [1.807, 2.05) is 0 Å². The zero-order valence-corrected chi connectivity index (χ0v) is 15.7. The van der Waals surface area contributed by atoms with Crippen LogP contribution in [0.3, 0.4) is 0 Å². The molecule has 8 heteroatoms. The average Bonchev–Trinajstić information content (AvgIpc) is 2.98. The van der Waals surface area contributed by atoms with E-state index in [-0.39, 0.29) is 11.3 Å². The summed E-state index contributed by atoms with van der Waals surface area (Å²) in [4.78, 5) is 36.8. The van der Waals surface area contributed by atoms with Crippen molar-refractivity contribution < 1.29 is 34.1 Å². The number of hydrogen-bond acceptors (Lipinski definition) is 7. The van der Waals surface area contributed by atoms with Crippen LogP contribution in [0.1, 0.15) is 18.5 Å². The molecular weight excluding hydrogens is 378 g/mol. The first-order valence-electron chi connectivity index (χ1n) is 8.67. The molecule has 3 rings (SSSR count). The molecule has 2 aromatic carbocycles. The van der Waals surface area contributed by atoms with Gasteiger partial charge in [-0.05, 0) is 48.9 Å². The monoisotopic (exact) mass is 396 g/mol. The van der Waals surface area contributed by atoms with Crippen LogP contribution in [-0.4, -0.2) is 36.5 Å². The molecule has 0 radical (unpaired) electrons. The van der Waals surface area contributed by atoms with Gasteiger partial charge < -0.3 is 24.5 Å². The third kappa shape index (κ3) is 3.91. The van der Waals surface area contributed by atoms with Crippen LogP contribution in [0.25, 0.3) is 0 Å². The van der Waals surface area contributed by atoms with Crippen molar-refractivity contribution in [2.45, 2.75) is 13.0 Å². The molecule has 1 aliphatic rings. The maximum atomic E-state index is 12.8. The van der Waals surface area contributed by atoms with Crippen LogP contribution in [0, 0.1) is 0 Å². The zero-order chi connectivity index (χ0) is 21.1. The Labute approximate surface area is 166 Å². The van der Waals surface area contributed by atoms with Crippen molar-refractivity contribution in [1.82, 2.24) is 0 Å². The number of rotatable bonds is 7. The second-order valence-corrected chi connectivity index (χ2v) is 6.33. The van der Waals surface area contributed by atoms with Crippen LogP contribution in [0.4, 0.5) is 5.69 Å². The van der Waals surface area contributed by atoms with Crippen molar-refractivity contribution >= 4 is 23.3 Å². The Hall–Kier alpha value is -3.81. The fourth-order valence-corrected chi connectivity index (χ4v) is 3.20. The lowest BCUT2D eigenvalue weighted by molar-refractivity contribution is -0.307. The highest BCUT2D eigenvalue weighted by Gasteiger charge is 2.43. The van der Waals surface area contributed by atoms with Gasteiger partial charge in [-0.3, -0.25) is 14.5 Å². The number of anilines is 1. The molecule has 0 saturated carbocycles. The molecule has 29 heavy (non-hydrogen) atoms. The van der Waals surface area contributed by atoms with Gasteiger partial charge in [-0.25, -0.2) is 0 Å². The van der Waals surface area contributed by atoms with E-state index >= 15 is 0 Å². The van der Waals surface area contributed by atoms with Gasteiger partial charge in [0.05, 0.1) is 24.7 Å². The lowest BCUT2D eigenvalue weighted by Crippen LogP contribution is -2.31. The smallest absolute Gasteiger partial charge is 0.294 e. The molecule has 0 aliphatic carbocycles. The quantitative estimate of drug-likeness (QED) is 0.750. The highest BCUT2D eigenvalue weighted by molar-refractivity contribution is 6.16. The van der Waals surface area contributed by atoms with E-state index in [1.54, 1.807) is 24.3 Å². The van der Waals surface area contributed by atoms with Crippen molar-refractivity contribution in [3.8, 4) is 11.5 Å². The largest absolute Gasteiger partial charge is 0.546 e. The molecule has 0 spiro atoms. The number of hydrogen-bond donors (Lipinski definition) is 1. The standard InChI is InChI=1S/C21H19NO7/c1-12(23)18-19(13-4-3-5-16(10-13)28-2)22(21(27)20(18)26)14-6-8-15(9-7-14)29-11-17(24)25/h3-10,19,26H,11H2,1-2H3,(H,24,25)/p-1/t19-/m0/s1. The second-order valence-electron chi connectivity index (χ2n) is 6.33. The zero-order valence-electron chi connectivity index (χ0n) is 15.7. The molecule has 0 fully saturated rings. The predicted octanol–water partition coefficient (Wildman–Crippen LogP) is 1.31. The molecule has 1 atom stereocenters. The first-order valence-corrected chi connectivity index (χ1v) is 8.67. The predicted molar refractivity (Wildman–Crippen MR) is 101 cm³/mol. The summed E-state index contributed by atoms with van der Waals surface area (Å²) in [6.45, 7) is 0.678. The Kier molecular flexibility index (Phi) is 5.54. The molecule has 0 unspecified atom stereocenters. The number of ketones is 1. The highest BCUT2D eigenvalue weighted by atomic mass is 16.5. The van der Waals surface area contributed by atoms with Gasteiger partial charge in [0.1, 0.15) is 18.1 Å². The van der Waals surface area contributed by atoms with E-state index < -0.39 is 36.1 Å². The number of methoxy groups -OCH3 is 1. The molecule has 150 valence electrons. The molecule has 0 aromatic heterocycles. The van der Waals surface area contributed by atoms with E-state index in [2.05, 4.69) is 0 Å². The van der Waals surface area contributed by atoms with Crippen molar-refractivity contribution in [2.24, 2.45) is 0 Å². The number of aliphatic carboxylic acids is 1. The Morgan fingerprint density at radius 3 is 2.41 bits per heavy atom. The second kappa shape index (κ2) is 8.05. The minimum atomic E-state index is -1.36. The van der Waals surface area contributed by atoms with Gasteiger partial charge in [0.25, 0.3) is 5.91 Å². The van der Waals surface area contributed by atoms with Gasteiger partial charge in [0.2, 0.25) is 0 Å². The van der Waals surface area contributed by atoms with E-state index in [9.17, 15) is 24.6 Å². The number of benzene rings is 2. The molecule has 1 N–H and O–H groups in total. The van der Waals surface area contributed by atoms with E-state index in [4.69, 9.17) is 9.47 Å². The minimum absolute atomic E-state index is 0.0134. The lowest BCUT2D eigenvalue weighted by Gasteiger charge is -2.27. The Morgan fingerprint density at radius 1 is 1.14 bits per heavy atom. The maximum Gasteiger partial charge on any atom is 0.294 e. The van der Waals surface area contributed by atoms with Gasteiger partial charge in [-0.2, -0.15) is 0 Å². The maximum absolute atomic E-state index is 12.8. The summed E-state index contributed by atoms with van der Waals surface area (Å²) in [7, 11) is 1.50. The van der Waals surface area contributed by atoms with Gasteiger partial charge in [-0.15, -0.1) is 0 Å². The minimum Gasteiger partial charge on any atom is -0.546 e. The molecule has 0 saturated heterocycles. The van der Waals surface area contributed by atoms with E-state index in [0.717, 1.165) is 0 Å². The highest BCUT2D eigenvalue weighted by Crippen LogP contribution is 2.41. The molecule has 8 nitrogen and oxygen atoms in total. The summed E-state index contributed by atoms with van der Waals surface area (Å²) in [6.07, 6.45) is 0. The summed E-state index contributed by atoms with van der Waals surface area (Å²) in [6, 6.07) is 12.1. The molecule has 0 bridgehead atoms. The van der Waals surface area contributed by atoms with Crippen molar-refractivity contribution in [2.75, 3.05) is 18.6 Å². The van der Waals surface area contributed by atoms with Gasteiger partial charge in [0, 0.05) is 5.69 Å². The summed E-state index contributed by atoms with van der Waals surface area (Å²) < 4.78 is 10.3. The van der Waals surface area contributed by atoms with E-state index in [0.29, 0.717) is 17.0 Å². The van der Waals surface area contributed by atoms with Crippen LogP contribution in [-0.2, 0) is 14.4 Å². The number of amides is 1. The van der Waals surface area contributed by atoms with Crippen molar-refractivity contribution in [3.63, 3.8) is 0 Å². The summed E-state index contributed by atoms with van der Waals surface area (Å²) >= 11 is 0. The molecule has 1 aliphatic heterocycles. The number of nitrogens with zero attached hydrogens (tertiary/aromatic N) is 1. The van der Waals surface area contributed by atoms with Gasteiger partial charge in [-0.1, -0.05) is 12.1 Å². The van der Waals surface area contributed by atoms with Crippen LogP contribution < -0.4 is 19.5 Å². The van der Waals surface area contributed by atoms with Gasteiger partial charge >= 0.3 is 0 Å².